The van der Waals surface area contributed by atoms with Crippen LogP contribution in [0.3, 0.4) is 0 Å². The number of carbonyl (C=O) groups excluding carboxylic acids is 6. The van der Waals surface area contributed by atoms with Crippen LogP contribution in [0.25, 0.3) is 32.9 Å². The summed E-state index contributed by atoms with van der Waals surface area (Å²) in [5, 5.41) is 63.3. The third-order valence-corrected chi connectivity index (χ3v) is 20.0. The van der Waals surface area contributed by atoms with Gasteiger partial charge in [-0.2, -0.15) is 0 Å². The van der Waals surface area contributed by atoms with E-state index in [1.807, 2.05) is 136 Å². The molecule has 0 spiro atoms. The van der Waals surface area contributed by atoms with Gasteiger partial charge in [0.25, 0.3) is 0 Å². The summed E-state index contributed by atoms with van der Waals surface area (Å²) in [5.41, 5.74) is 33.3. The van der Waals surface area contributed by atoms with Gasteiger partial charge >= 0.3 is 0 Å². The topological polar surface area (TPSA) is 421 Å². The summed E-state index contributed by atoms with van der Waals surface area (Å²) in [4.78, 5) is 74.5. The van der Waals surface area contributed by atoms with Crippen LogP contribution in [0.2, 0.25) is 0 Å². The molecule has 3 aromatic heterocycles. The van der Waals surface area contributed by atoms with Gasteiger partial charge in [-0.15, -0.1) is 0 Å². The lowest BCUT2D eigenvalue weighted by Crippen LogP contribution is -2.11. The van der Waals surface area contributed by atoms with Crippen LogP contribution in [0.15, 0.2) is 186 Å². The molecule has 558 valence electrons. The number of hydrogen-bond donors (Lipinski definition) is 11. The highest BCUT2D eigenvalue weighted by atomic mass is 127. The summed E-state index contributed by atoms with van der Waals surface area (Å²) in [5.74, 6) is -1.28. The number of carbonyl (C=O) groups is 6. The lowest BCUT2D eigenvalue weighted by atomic mass is 9.97. The zero-order valence-electron chi connectivity index (χ0n) is 57.7. The van der Waals surface area contributed by atoms with E-state index in [1.54, 1.807) is 24.3 Å². The highest BCUT2D eigenvalue weighted by molar-refractivity contribution is 14.1. The van der Waals surface area contributed by atoms with Crippen molar-refractivity contribution < 1.29 is 86.9 Å². The number of fused-ring (bicyclic) bond motifs is 3. The molecule has 0 aliphatic carbocycles. The quantitative estimate of drug-likeness (QED) is 0.00862. The van der Waals surface area contributed by atoms with Crippen molar-refractivity contribution >= 4 is 156 Å². The summed E-state index contributed by atoms with van der Waals surface area (Å²) in [6.07, 6.45) is 4.40. The highest BCUT2D eigenvalue weighted by Gasteiger charge is 2.29. The molecule has 27 heteroatoms. The first-order valence-corrected chi connectivity index (χ1v) is 37.6. The third kappa shape index (κ3) is 20.1. The third-order valence-electron chi connectivity index (χ3n) is 17.2. The standard InChI is InChI=1S/C27H23Br2NO6.C27H23I2NO6.C27H27N3O6/c3*28-18-11-16(12-19(29)27(18)34)26(33)25-17-13-20(31)23(35-10-9-15-5-2-1-3-6-15)14-22(17)36-21(25)7-4-8-24(30)32/h2*1-3,5-6,11-14,31,34H,4,7-10H2,(H2,30,32);1-3,5-6,11-14,31,34H,4,7-10,28-29H2,(H2,30,32). The minimum absolute atomic E-state index is 0.0276. The normalized spacial score (nSPS) is 11.0. The predicted molar refractivity (Wildman–Crippen MR) is 431 cm³/mol. The van der Waals surface area contributed by atoms with Crippen LogP contribution < -0.4 is 42.9 Å². The Morgan fingerprint density at radius 3 is 0.954 bits per heavy atom. The van der Waals surface area contributed by atoms with Crippen molar-refractivity contribution in [2.45, 2.75) is 77.0 Å². The van der Waals surface area contributed by atoms with Gasteiger partial charge in [0.2, 0.25) is 17.7 Å². The number of anilines is 2. The van der Waals surface area contributed by atoms with Gasteiger partial charge in [0.1, 0.15) is 45.5 Å². The fourth-order valence-electron chi connectivity index (χ4n) is 11.8. The smallest absolute Gasteiger partial charge is 0.217 e. The van der Waals surface area contributed by atoms with E-state index in [1.165, 1.54) is 48.5 Å². The molecule has 0 aliphatic heterocycles. The minimum atomic E-state index is -0.468. The molecule has 3 heterocycles. The Morgan fingerprint density at radius 2 is 0.657 bits per heavy atom. The summed E-state index contributed by atoms with van der Waals surface area (Å²) < 4.78 is 37.3. The van der Waals surface area contributed by atoms with Crippen LogP contribution in [-0.4, -0.2) is 85.5 Å². The second kappa shape index (κ2) is 36.7. The first-order valence-electron chi connectivity index (χ1n) is 33.8. The molecule has 12 aromatic rings. The Balaban J connectivity index is 0.000000173. The summed E-state index contributed by atoms with van der Waals surface area (Å²) >= 11 is 10.4. The maximum absolute atomic E-state index is 13.6. The number of phenols is 6. The van der Waals surface area contributed by atoms with Crippen molar-refractivity contribution in [1.82, 2.24) is 0 Å². The van der Waals surface area contributed by atoms with E-state index in [9.17, 15) is 59.4 Å². The number of nitrogen functional groups attached to an aromatic ring is 2. The van der Waals surface area contributed by atoms with Gasteiger partial charge in [-0.1, -0.05) is 91.0 Å². The number of phenolic OH excluding ortho intramolecular Hbond substituents is 6. The van der Waals surface area contributed by atoms with E-state index in [2.05, 4.69) is 31.9 Å². The maximum Gasteiger partial charge on any atom is 0.217 e. The molecule has 0 radical (unpaired) electrons. The molecule has 9 aromatic carbocycles. The number of aryl methyl sites for hydroxylation is 3. The van der Waals surface area contributed by atoms with Crippen molar-refractivity contribution in [1.29, 1.82) is 0 Å². The molecule has 0 atom stereocenters. The Kier molecular flexibility index (Phi) is 27.1. The molecule has 0 bridgehead atoms. The van der Waals surface area contributed by atoms with E-state index < -0.39 is 23.5 Å². The molecule has 3 amide bonds. The fraction of sp³-hybridized carbons (Fsp3) is 0.185. The SMILES string of the molecule is NC(=O)CCCc1oc2cc(OCCc3ccccc3)c(O)cc2c1C(=O)c1cc(Br)c(O)c(Br)c1.NC(=O)CCCc1oc2cc(OCCc3ccccc3)c(O)cc2c1C(=O)c1cc(I)c(O)c(I)c1.NC(=O)CCCc1oc2cc(OCCc3ccccc3)c(O)cc2c1C(=O)c1cc(N)c(O)c(N)c1. The number of rotatable bonds is 30. The van der Waals surface area contributed by atoms with Gasteiger partial charge in [-0.25, -0.2) is 0 Å². The van der Waals surface area contributed by atoms with Gasteiger partial charge in [-0.05, 0) is 168 Å². The average molecular weight is 1820 g/mol. The van der Waals surface area contributed by atoms with Crippen molar-refractivity contribution in [3.05, 3.63) is 247 Å². The number of aromatic hydroxyl groups is 6. The molecule has 23 nitrogen and oxygen atoms in total. The largest absolute Gasteiger partial charge is 0.506 e. The number of ether oxygens (including phenoxy) is 3. The number of benzene rings is 9. The minimum Gasteiger partial charge on any atom is -0.506 e. The van der Waals surface area contributed by atoms with Crippen LogP contribution in [-0.2, 0) is 52.9 Å². The molecule has 0 saturated heterocycles. The molecule has 108 heavy (non-hydrogen) atoms. The zero-order valence-corrected chi connectivity index (χ0v) is 65.2. The van der Waals surface area contributed by atoms with Gasteiger partial charge < -0.3 is 86.8 Å². The molecule has 0 unspecified atom stereocenters. The second-order valence-corrected chi connectivity index (χ2v) is 29.0. The molecule has 12 rings (SSSR count). The number of furan rings is 3. The van der Waals surface area contributed by atoms with Gasteiger partial charge in [0.15, 0.2) is 57.6 Å². The first-order chi connectivity index (χ1) is 51.7. The van der Waals surface area contributed by atoms with Crippen LogP contribution in [0.1, 0.15) is 120 Å². The van der Waals surface area contributed by atoms with Gasteiger partial charge in [-0.3, -0.25) is 28.8 Å². The molecular formula is C81H73Br2I2N5O18. The number of nitrogens with two attached hydrogens (primary N) is 5. The van der Waals surface area contributed by atoms with E-state index in [4.69, 9.17) is 56.1 Å². The summed E-state index contributed by atoms with van der Waals surface area (Å²) in [6, 6.07) is 47.3. The second-order valence-electron chi connectivity index (χ2n) is 24.9. The predicted octanol–water partition coefficient (Wildman–Crippen LogP) is 15.4. The fourth-order valence-corrected chi connectivity index (χ4v) is 14.7. The number of amides is 3. The van der Waals surface area contributed by atoms with Crippen LogP contribution >= 0.6 is 77.0 Å². The Hall–Kier alpha value is -10.8. The van der Waals surface area contributed by atoms with E-state index in [0.29, 0.717) is 154 Å². The van der Waals surface area contributed by atoms with Crippen molar-refractivity contribution in [2.24, 2.45) is 17.2 Å². The van der Waals surface area contributed by atoms with Crippen LogP contribution in [0, 0.1) is 7.14 Å². The first kappa shape index (κ1) is 79.8. The molecular weight excluding hydrogens is 1740 g/mol. The van der Waals surface area contributed by atoms with Crippen molar-refractivity contribution in [3.8, 4) is 51.7 Å². The molecule has 0 aliphatic rings. The number of hydrogen-bond acceptors (Lipinski definition) is 20. The van der Waals surface area contributed by atoms with E-state index in [0.717, 1.165) is 16.7 Å². The lowest BCUT2D eigenvalue weighted by Gasteiger charge is -2.09. The molecule has 0 saturated carbocycles. The van der Waals surface area contributed by atoms with Gasteiger partial charge in [0.05, 0.1) is 64.0 Å². The Labute approximate surface area is 662 Å². The van der Waals surface area contributed by atoms with Crippen molar-refractivity contribution in [3.63, 3.8) is 0 Å². The number of primary amides is 3. The lowest BCUT2D eigenvalue weighted by molar-refractivity contribution is -0.118. The maximum atomic E-state index is 13.6. The monoisotopic (exact) mass is 1820 g/mol. The number of ketones is 3. The van der Waals surface area contributed by atoms with E-state index in [-0.39, 0.29) is 117 Å². The zero-order chi connectivity index (χ0) is 77.5. The molecule has 0 fully saturated rings. The average Bonchev–Trinajstić information content (AvgIpc) is 1.61. The van der Waals surface area contributed by atoms with Gasteiger partial charge in [0, 0.05) is 109 Å². The van der Waals surface area contributed by atoms with E-state index >= 15 is 0 Å². The Bertz CT molecular complexity index is 4750. The van der Waals surface area contributed by atoms with Crippen LogP contribution in [0.5, 0.6) is 51.7 Å². The Morgan fingerprint density at radius 1 is 0.370 bits per heavy atom. The number of halogens is 4. The highest BCUT2D eigenvalue weighted by Crippen LogP contribution is 2.43. The summed E-state index contributed by atoms with van der Waals surface area (Å²) in [6.45, 7) is 1.02. The molecule has 16 N–H and O–H groups in total. The summed E-state index contributed by atoms with van der Waals surface area (Å²) in [7, 11) is 0. The van der Waals surface area contributed by atoms with Crippen LogP contribution in [0.4, 0.5) is 11.4 Å². The van der Waals surface area contributed by atoms with Crippen molar-refractivity contribution in [2.75, 3.05) is 31.3 Å².